The third kappa shape index (κ3) is 12.0. The standard InChI is InChI=1S/C36H53N5O10S/c1-6-14-27(39-52(5,47)48)33(44)41-23-25(49-35(46)40-19-12-7-13-20-40)22-28(41)29(42)21-24(15-10-11-18-37-34(45)51-36(2,3)4)31(43)32-38-26-16-8-9-17-30(26)50-32/h6,8-9,16-17,24-25,27-28,31,39,43H,1,7,10-15,18-23H2,2-5H3,(H,37,45)/t24-,25-,27-,28+,31?/m1/s1. The zero-order chi connectivity index (χ0) is 38.1. The van der Waals surface area contributed by atoms with Crippen molar-refractivity contribution in [3.63, 3.8) is 0 Å². The van der Waals surface area contributed by atoms with Crippen molar-refractivity contribution in [2.45, 2.75) is 108 Å². The maximum absolute atomic E-state index is 14.2. The van der Waals surface area contributed by atoms with Gasteiger partial charge in [0, 0.05) is 38.4 Å². The molecule has 2 aliphatic rings. The van der Waals surface area contributed by atoms with Gasteiger partial charge in [-0.25, -0.2) is 27.7 Å². The third-order valence-electron chi connectivity index (χ3n) is 9.00. The van der Waals surface area contributed by atoms with E-state index in [1.54, 1.807) is 49.9 Å². The van der Waals surface area contributed by atoms with Gasteiger partial charge in [-0.15, -0.1) is 6.58 Å². The number of amides is 3. The first kappa shape index (κ1) is 40.7. The Balaban J connectivity index is 1.54. The highest BCUT2D eigenvalue weighted by atomic mass is 32.2. The van der Waals surface area contributed by atoms with Crippen molar-refractivity contribution in [2.75, 3.05) is 32.4 Å². The van der Waals surface area contributed by atoms with E-state index in [1.807, 2.05) is 0 Å². The zero-order valence-electron chi connectivity index (χ0n) is 30.5. The molecule has 3 heterocycles. The van der Waals surface area contributed by atoms with Crippen LogP contribution in [0.4, 0.5) is 9.59 Å². The maximum Gasteiger partial charge on any atom is 0.410 e. The number of hydrogen-bond donors (Lipinski definition) is 3. The number of para-hydroxylation sites is 2. The van der Waals surface area contributed by atoms with Crippen molar-refractivity contribution in [1.82, 2.24) is 24.8 Å². The Kier molecular flexibility index (Phi) is 14.2. The van der Waals surface area contributed by atoms with Crippen molar-refractivity contribution in [3.05, 3.63) is 42.8 Å². The van der Waals surface area contributed by atoms with E-state index in [-0.39, 0.29) is 31.7 Å². The van der Waals surface area contributed by atoms with Crippen molar-refractivity contribution in [3.8, 4) is 0 Å². The SMILES string of the molecule is C=CC[C@@H](NS(C)(=O)=O)C(=O)N1C[C@H](OC(=O)N2CCCCC2)C[C@H]1C(=O)C[C@@H](CCCCNC(=O)OC(C)(C)C)C(O)c1nc2ccccc2o1. The summed E-state index contributed by atoms with van der Waals surface area (Å²) in [4.78, 5) is 60.6. The highest BCUT2D eigenvalue weighted by Gasteiger charge is 2.44. The number of carbonyl (C=O) groups excluding carboxylic acids is 4. The summed E-state index contributed by atoms with van der Waals surface area (Å²) < 4.78 is 43.6. The lowest BCUT2D eigenvalue weighted by Crippen LogP contribution is -2.51. The molecule has 2 aliphatic heterocycles. The molecule has 5 atom stereocenters. The Labute approximate surface area is 305 Å². The predicted molar refractivity (Wildman–Crippen MR) is 193 cm³/mol. The minimum atomic E-state index is -3.81. The van der Waals surface area contributed by atoms with Crippen molar-refractivity contribution in [2.24, 2.45) is 5.92 Å². The van der Waals surface area contributed by atoms with Crippen molar-refractivity contribution < 1.29 is 46.6 Å². The van der Waals surface area contributed by atoms with Crippen LogP contribution >= 0.6 is 0 Å². The number of oxazole rings is 1. The number of aromatic nitrogens is 1. The smallest absolute Gasteiger partial charge is 0.410 e. The minimum Gasteiger partial charge on any atom is -0.444 e. The van der Waals surface area contributed by atoms with Gasteiger partial charge < -0.3 is 34.1 Å². The molecule has 1 aromatic heterocycles. The summed E-state index contributed by atoms with van der Waals surface area (Å²) in [5.74, 6) is -1.70. The second kappa shape index (κ2) is 18.1. The maximum atomic E-state index is 14.2. The van der Waals surface area contributed by atoms with E-state index in [1.165, 1.54) is 11.0 Å². The van der Waals surface area contributed by atoms with Crippen LogP contribution in [0.3, 0.4) is 0 Å². The van der Waals surface area contributed by atoms with Crippen LogP contribution in [0.25, 0.3) is 11.1 Å². The molecule has 3 N–H and O–H groups in total. The lowest BCUT2D eigenvalue weighted by molar-refractivity contribution is -0.139. The second-order valence-corrected chi connectivity index (χ2v) is 16.4. The third-order valence-corrected chi connectivity index (χ3v) is 9.71. The molecule has 2 saturated heterocycles. The van der Waals surface area contributed by atoms with Gasteiger partial charge in [0.2, 0.25) is 21.8 Å². The number of alkyl carbamates (subject to hydrolysis) is 1. The Morgan fingerprint density at radius 3 is 2.50 bits per heavy atom. The number of nitrogens with one attached hydrogen (secondary N) is 2. The lowest BCUT2D eigenvalue weighted by atomic mass is 9.88. The van der Waals surface area contributed by atoms with E-state index < -0.39 is 69.7 Å². The molecule has 3 amide bonds. The van der Waals surface area contributed by atoms with Gasteiger partial charge in [0.25, 0.3) is 0 Å². The Morgan fingerprint density at radius 1 is 1.13 bits per heavy atom. The number of carbonyl (C=O) groups is 4. The fourth-order valence-corrected chi connectivity index (χ4v) is 7.28. The van der Waals surface area contributed by atoms with Gasteiger partial charge in [0.15, 0.2) is 11.4 Å². The van der Waals surface area contributed by atoms with Crippen molar-refractivity contribution in [1.29, 1.82) is 0 Å². The van der Waals surface area contributed by atoms with Gasteiger partial charge in [0.05, 0.1) is 18.8 Å². The summed E-state index contributed by atoms with van der Waals surface area (Å²) in [5.41, 5.74) is 0.369. The molecule has 52 heavy (non-hydrogen) atoms. The number of ketones is 1. The first-order chi connectivity index (χ1) is 24.5. The van der Waals surface area contributed by atoms with E-state index in [0.29, 0.717) is 50.0 Å². The average Bonchev–Trinajstić information content (AvgIpc) is 3.70. The first-order valence-corrected chi connectivity index (χ1v) is 19.8. The van der Waals surface area contributed by atoms with Gasteiger partial charge >= 0.3 is 12.2 Å². The topological polar surface area (TPSA) is 198 Å². The summed E-state index contributed by atoms with van der Waals surface area (Å²) >= 11 is 0. The molecule has 0 bridgehead atoms. The number of sulfonamides is 1. The van der Waals surface area contributed by atoms with Crippen LogP contribution in [-0.2, 0) is 29.1 Å². The molecule has 16 heteroatoms. The molecule has 0 radical (unpaired) electrons. The van der Waals surface area contributed by atoms with Crippen LogP contribution in [0.2, 0.25) is 0 Å². The molecule has 0 spiro atoms. The van der Waals surface area contributed by atoms with E-state index >= 15 is 0 Å². The number of piperidine rings is 1. The zero-order valence-corrected chi connectivity index (χ0v) is 31.4. The molecule has 2 fully saturated rings. The van der Waals surface area contributed by atoms with Gasteiger partial charge in [-0.2, -0.15) is 0 Å². The van der Waals surface area contributed by atoms with Crippen LogP contribution in [0, 0.1) is 5.92 Å². The van der Waals surface area contributed by atoms with Crippen LogP contribution in [0.1, 0.15) is 90.6 Å². The Bertz CT molecular complexity index is 1630. The molecule has 2 aromatic rings. The Morgan fingerprint density at radius 2 is 1.85 bits per heavy atom. The highest BCUT2D eigenvalue weighted by Crippen LogP contribution is 2.33. The number of benzene rings is 1. The quantitative estimate of drug-likeness (QED) is 0.164. The van der Waals surface area contributed by atoms with Crippen LogP contribution < -0.4 is 10.0 Å². The minimum absolute atomic E-state index is 0.00927. The molecule has 4 rings (SSSR count). The predicted octanol–water partition coefficient (Wildman–Crippen LogP) is 4.22. The van der Waals surface area contributed by atoms with Crippen molar-refractivity contribution >= 4 is 45.0 Å². The molecule has 1 unspecified atom stereocenters. The number of likely N-dealkylation sites (tertiary alicyclic amines) is 2. The van der Waals surface area contributed by atoms with E-state index in [2.05, 4.69) is 21.6 Å². The number of nitrogens with zero attached hydrogens (tertiary/aromatic N) is 3. The first-order valence-electron chi connectivity index (χ1n) is 17.9. The van der Waals surface area contributed by atoms with Crippen LogP contribution in [-0.4, -0.2) is 108 Å². The number of unbranched alkanes of at least 4 members (excludes halogenated alkanes) is 1. The Hall–Kier alpha value is -4.02. The summed E-state index contributed by atoms with van der Waals surface area (Å²) in [7, 11) is -3.81. The van der Waals surface area contributed by atoms with Gasteiger partial charge in [0.1, 0.15) is 29.4 Å². The highest BCUT2D eigenvalue weighted by molar-refractivity contribution is 7.88. The number of aliphatic hydroxyl groups excluding tert-OH is 1. The summed E-state index contributed by atoms with van der Waals surface area (Å²) in [6.07, 6.45) is 3.06. The number of ether oxygens (including phenoxy) is 2. The number of hydrogen-bond acceptors (Lipinski definition) is 11. The largest absolute Gasteiger partial charge is 0.444 e. The summed E-state index contributed by atoms with van der Waals surface area (Å²) in [5, 5.41) is 14.3. The number of rotatable bonds is 16. The van der Waals surface area contributed by atoms with Crippen LogP contribution in [0.5, 0.6) is 0 Å². The number of fused-ring (bicyclic) bond motifs is 1. The molecule has 0 saturated carbocycles. The monoisotopic (exact) mass is 747 g/mol. The number of Topliss-reactive ketones (excluding diaryl/α,β-unsaturated/α-hetero) is 1. The van der Waals surface area contributed by atoms with E-state index in [0.717, 1.165) is 25.5 Å². The molecular weight excluding hydrogens is 694 g/mol. The fourth-order valence-electron chi connectivity index (χ4n) is 6.57. The summed E-state index contributed by atoms with van der Waals surface area (Å²) in [6.45, 7) is 10.3. The van der Waals surface area contributed by atoms with Gasteiger partial charge in [-0.1, -0.05) is 24.6 Å². The molecule has 0 aliphatic carbocycles. The molecule has 15 nitrogen and oxygen atoms in total. The van der Waals surface area contributed by atoms with Gasteiger partial charge in [-0.3, -0.25) is 9.59 Å². The average molecular weight is 748 g/mol. The van der Waals surface area contributed by atoms with E-state index in [9.17, 15) is 32.7 Å². The number of aliphatic hydroxyl groups is 1. The lowest BCUT2D eigenvalue weighted by Gasteiger charge is -2.29. The fraction of sp³-hybridized carbons (Fsp3) is 0.639. The molecular formula is C36H53N5O10S. The normalized spacial score (nSPS) is 19.9. The molecule has 1 aromatic carbocycles. The van der Waals surface area contributed by atoms with Gasteiger partial charge in [-0.05, 0) is 71.4 Å². The van der Waals surface area contributed by atoms with Crippen LogP contribution in [0.15, 0.2) is 41.3 Å². The molecule has 288 valence electrons. The second-order valence-electron chi connectivity index (χ2n) is 14.6. The summed E-state index contributed by atoms with van der Waals surface area (Å²) in [6, 6.07) is 4.75. The van der Waals surface area contributed by atoms with E-state index in [4.69, 9.17) is 13.9 Å².